The molecule has 0 aromatic heterocycles. The number of hydrogen-bond acceptors (Lipinski definition) is 3. The SMILES string of the molecule is Cc1ccc(O[C@H](C)C(=O)Nc2ccccc2C(=O)NC(C)C)cc1. The molecule has 25 heavy (non-hydrogen) atoms. The second kappa shape index (κ2) is 8.33. The maximum absolute atomic E-state index is 12.4. The molecule has 0 saturated heterocycles. The molecule has 0 aliphatic heterocycles. The normalized spacial score (nSPS) is 11.7. The topological polar surface area (TPSA) is 67.4 Å². The molecule has 2 aromatic carbocycles. The Bertz CT molecular complexity index is 739. The second-order valence-electron chi connectivity index (χ2n) is 6.24. The van der Waals surface area contributed by atoms with Gasteiger partial charge in [0.25, 0.3) is 11.8 Å². The van der Waals surface area contributed by atoms with E-state index in [-0.39, 0.29) is 17.9 Å². The van der Waals surface area contributed by atoms with E-state index in [0.717, 1.165) is 5.56 Å². The Kier molecular flexibility index (Phi) is 6.17. The fourth-order valence-corrected chi connectivity index (χ4v) is 2.24. The first kappa shape index (κ1) is 18.5. The summed E-state index contributed by atoms with van der Waals surface area (Å²) in [6.45, 7) is 7.43. The van der Waals surface area contributed by atoms with Crippen molar-refractivity contribution in [1.82, 2.24) is 5.32 Å². The van der Waals surface area contributed by atoms with Crippen LogP contribution in [0.1, 0.15) is 36.7 Å². The van der Waals surface area contributed by atoms with Gasteiger partial charge in [-0.1, -0.05) is 29.8 Å². The quantitative estimate of drug-likeness (QED) is 0.845. The van der Waals surface area contributed by atoms with Crippen molar-refractivity contribution in [3.05, 3.63) is 59.7 Å². The van der Waals surface area contributed by atoms with Gasteiger partial charge >= 0.3 is 0 Å². The van der Waals surface area contributed by atoms with E-state index in [1.54, 1.807) is 31.2 Å². The fourth-order valence-electron chi connectivity index (χ4n) is 2.24. The van der Waals surface area contributed by atoms with Crippen LogP contribution in [0.4, 0.5) is 5.69 Å². The molecule has 0 aliphatic carbocycles. The van der Waals surface area contributed by atoms with Crippen molar-refractivity contribution in [1.29, 1.82) is 0 Å². The van der Waals surface area contributed by atoms with Crippen LogP contribution in [0.25, 0.3) is 0 Å². The van der Waals surface area contributed by atoms with Crippen LogP contribution in [-0.4, -0.2) is 24.0 Å². The number of carbonyl (C=O) groups is 2. The van der Waals surface area contributed by atoms with Crippen LogP contribution in [0, 0.1) is 6.92 Å². The molecule has 1 atom stereocenters. The van der Waals surface area contributed by atoms with Gasteiger partial charge in [-0.25, -0.2) is 0 Å². The van der Waals surface area contributed by atoms with E-state index in [2.05, 4.69) is 10.6 Å². The second-order valence-corrected chi connectivity index (χ2v) is 6.24. The molecule has 132 valence electrons. The predicted molar refractivity (Wildman–Crippen MR) is 98.9 cm³/mol. The summed E-state index contributed by atoms with van der Waals surface area (Å²) < 4.78 is 5.66. The number of carbonyl (C=O) groups excluding carboxylic acids is 2. The van der Waals surface area contributed by atoms with Crippen molar-refractivity contribution in [2.24, 2.45) is 0 Å². The number of amides is 2. The summed E-state index contributed by atoms with van der Waals surface area (Å²) in [6.07, 6.45) is -0.691. The van der Waals surface area contributed by atoms with E-state index in [9.17, 15) is 9.59 Å². The predicted octanol–water partition coefficient (Wildman–Crippen LogP) is 3.54. The summed E-state index contributed by atoms with van der Waals surface area (Å²) in [5.41, 5.74) is 2.01. The van der Waals surface area contributed by atoms with E-state index in [1.807, 2.05) is 45.0 Å². The molecular formula is C20H24N2O3. The molecule has 0 bridgehead atoms. The van der Waals surface area contributed by atoms with Crippen molar-refractivity contribution in [3.63, 3.8) is 0 Å². The number of hydrogen-bond donors (Lipinski definition) is 2. The van der Waals surface area contributed by atoms with Crippen molar-refractivity contribution in [2.75, 3.05) is 5.32 Å². The van der Waals surface area contributed by atoms with Crippen LogP contribution in [0.3, 0.4) is 0 Å². The van der Waals surface area contributed by atoms with Gasteiger partial charge in [-0.15, -0.1) is 0 Å². The van der Waals surface area contributed by atoms with Gasteiger partial charge in [0.15, 0.2) is 6.10 Å². The van der Waals surface area contributed by atoms with Gasteiger partial charge in [-0.2, -0.15) is 0 Å². The lowest BCUT2D eigenvalue weighted by atomic mass is 10.1. The van der Waals surface area contributed by atoms with Crippen LogP contribution >= 0.6 is 0 Å². The molecular weight excluding hydrogens is 316 g/mol. The fraction of sp³-hybridized carbons (Fsp3) is 0.300. The molecule has 0 saturated carbocycles. The molecule has 2 rings (SSSR count). The first-order valence-electron chi connectivity index (χ1n) is 8.31. The summed E-state index contributed by atoms with van der Waals surface area (Å²) >= 11 is 0. The first-order chi connectivity index (χ1) is 11.9. The van der Waals surface area contributed by atoms with Crippen molar-refractivity contribution >= 4 is 17.5 Å². The number of benzene rings is 2. The number of anilines is 1. The highest BCUT2D eigenvalue weighted by atomic mass is 16.5. The van der Waals surface area contributed by atoms with Gasteiger partial charge in [-0.3, -0.25) is 9.59 Å². The van der Waals surface area contributed by atoms with Crippen molar-refractivity contribution in [2.45, 2.75) is 39.8 Å². The van der Waals surface area contributed by atoms with Gasteiger partial charge in [0.05, 0.1) is 11.3 Å². The van der Waals surface area contributed by atoms with E-state index >= 15 is 0 Å². The highest BCUT2D eigenvalue weighted by Gasteiger charge is 2.18. The van der Waals surface area contributed by atoms with Crippen molar-refractivity contribution in [3.8, 4) is 5.75 Å². The van der Waals surface area contributed by atoms with Crippen LogP contribution in [0.2, 0.25) is 0 Å². The minimum atomic E-state index is -0.691. The zero-order valence-corrected chi connectivity index (χ0v) is 15.0. The van der Waals surface area contributed by atoms with Crippen LogP contribution in [-0.2, 0) is 4.79 Å². The van der Waals surface area contributed by atoms with Gasteiger partial charge in [0.2, 0.25) is 0 Å². The van der Waals surface area contributed by atoms with Crippen LogP contribution in [0.15, 0.2) is 48.5 Å². The van der Waals surface area contributed by atoms with Gasteiger partial charge in [0.1, 0.15) is 5.75 Å². The average Bonchev–Trinajstić information content (AvgIpc) is 2.56. The van der Waals surface area contributed by atoms with Gasteiger partial charge in [0, 0.05) is 6.04 Å². The maximum Gasteiger partial charge on any atom is 0.265 e. The highest BCUT2D eigenvalue weighted by Crippen LogP contribution is 2.17. The number of rotatable bonds is 6. The third-order valence-electron chi connectivity index (χ3n) is 3.55. The minimum Gasteiger partial charge on any atom is -0.481 e. The van der Waals surface area contributed by atoms with Gasteiger partial charge in [-0.05, 0) is 52.0 Å². The highest BCUT2D eigenvalue weighted by molar-refractivity contribution is 6.04. The molecule has 0 unspecified atom stereocenters. The standard InChI is InChI=1S/C20H24N2O3/c1-13(2)21-20(24)17-7-5-6-8-18(17)22-19(23)15(4)25-16-11-9-14(3)10-12-16/h5-13,15H,1-4H3,(H,21,24)(H,22,23)/t15-/m1/s1. The zero-order chi connectivity index (χ0) is 18.4. The van der Waals surface area contributed by atoms with E-state index in [4.69, 9.17) is 4.74 Å². The van der Waals surface area contributed by atoms with Crippen LogP contribution < -0.4 is 15.4 Å². The molecule has 5 heteroatoms. The Labute approximate surface area is 148 Å². The Morgan fingerprint density at radius 1 is 0.960 bits per heavy atom. The Morgan fingerprint density at radius 2 is 1.60 bits per heavy atom. The third kappa shape index (κ3) is 5.35. The minimum absolute atomic E-state index is 0.0139. The van der Waals surface area contributed by atoms with E-state index < -0.39 is 6.10 Å². The number of para-hydroxylation sites is 1. The molecule has 0 aliphatic rings. The summed E-state index contributed by atoms with van der Waals surface area (Å²) in [6, 6.07) is 14.4. The molecule has 0 radical (unpaired) electrons. The molecule has 2 amide bonds. The summed E-state index contributed by atoms with van der Waals surface area (Å²) in [5.74, 6) is 0.0856. The molecule has 2 aromatic rings. The monoisotopic (exact) mass is 340 g/mol. The lowest BCUT2D eigenvalue weighted by molar-refractivity contribution is -0.122. The van der Waals surface area contributed by atoms with Crippen LogP contribution in [0.5, 0.6) is 5.75 Å². The van der Waals surface area contributed by atoms with Gasteiger partial charge < -0.3 is 15.4 Å². The zero-order valence-electron chi connectivity index (χ0n) is 15.0. The number of nitrogens with one attached hydrogen (secondary N) is 2. The third-order valence-corrected chi connectivity index (χ3v) is 3.55. The molecule has 5 nitrogen and oxygen atoms in total. The first-order valence-corrected chi connectivity index (χ1v) is 8.31. The van der Waals surface area contributed by atoms with E-state index in [0.29, 0.717) is 17.0 Å². The molecule has 2 N–H and O–H groups in total. The molecule has 0 spiro atoms. The number of aryl methyl sites for hydroxylation is 1. The lowest BCUT2D eigenvalue weighted by Crippen LogP contribution is -2.33. The molecule has 0 heterocycles. The summed E-state index contributed by atoms with van der Waals surface area (Å²) in [4.78, 5) is 24.7. The average molecular weight is 340 g/mol. The number of ether oxygens (including phenoxy) is 1. The lowest BCUT2D eigenvalue weighted by Gasteiger charge is -2.17. The summed E-state index contributed by atoms with van der Waals surface area (Å²) in [7, 11) is 0. The largest absolute Gasteiger partial charge is 0.481 e. The summed E-state index contributed by atoms with van der Waals surface area (Å²) in [5, 5.41) is 5.60. The van der Waals surface area contributed by atoms with Crippen molar-refractivity contribution < 1.29 is 14.3 Å². The smallest absolute Gasteiger partial charge is 0.265 e. The maximum atomic E-state index is 12.4. The van der Waals surface area contributed by atoms with E-state index in [1.165, 1.54) is 0 Å². The molecule has 0 fully saturated rings. The Morgan fingerprint density at radius 3 is 2.24 bits per heavy atom. The Hall–Kier alpha value is -2.82. The Balaban J connectivity index is 2.07.